The Kier molecular flexibility index (Phi) is 10.2. The van der Waals surface area contributed by atoms with Gasteiger partial charge in [-0.15, -0.1) is 24.8 Å². The van der Waals surface area contributed by atoms with Gasteiger partial charge in [0.15, 0.2) is 9.84 Å². The minimum Gasteiger partial charge on any atom is -0.412 e. The molecule has 0 spiro atoms. The maximum absolute atomic E-state index is 13.4. The van der Waals surface area contributed by atoms with Crippen molar-refractivity contribution in [2.45, 2.75) is 4.90 Å². The van der Waals surface area contributed by atoms with Crippen molar-refractivity contribution in [3.63, 3.8) is 0 Å². The lowest BCUT2D eigenvalue weighted by Gasteiger charge is -2.06. The molecule has 1 aromatic heterocycles. The summed E-state index contributed by atoms with van der Waals surface area (Å²) in [6, 6.07) is 6.57. The van der Waals surface area contributed by atoms with Gasteiger partial charge in [-0.1, -0.05) is 12.1 Å². The number of nitrogens with zero attached hydrogens (tertiary/aromatic N) is 1. The summed E-state index contributed by atoms with van der Waals surface area (Å²) in [5.41, 5.74) is 5.16. The molecule has 124 valence electrons. The van der Waals surface area contributed by atoms with E-state index in [1.165, 1.54) is 12.3 Å². The molecule has 0 atom stereocenters. The largest absolute Gasteiger partial charge is 0.412 e. The van der Waals surface area contributed by atoms with Crippen LogP contribution in [-0.4, -0.2) is 31.2 Å². The smallest absolute Gasteiger partial charge is 0.185 e. The maximum Gasteiger partial charge on any atom is 0.185 e. The van der Waals surface area contributed by atoms with Crippen LogP contribution in [0.15, 0.2) is 53.5 Å². The topological polar surface area (TPSA) is 105 Å². The third-order valence-corrected chi connectivity index (χ3v) is 4.33. The number of hydrogen-bond acceptors (Lipinski definition) is 4. The summed E-state index contributed by atoms with van der Waals surface area (Å²) < 4.78 is 37.7. The Morgan fingerprint density at radius 2 is 1.95 bits per heavy atom. The zero-order chi connectivity index (χ0) is 13.9. The third kappa shape index (κ3) is 5.19. The Balaban J connectivity index is 0. The molecule has 1 aromatic carbocycles. The van der Waals surface area contributed by atoms with Gasteiger partial charge in [0.2, 0.25) is 0 Å². The highest BCUT2D eigenvalue weighted by Crippen LogP contribution is 2.24. The van der Waals surface area contributed by atoms with E-state index < -0.39 is 21.4 Å². The molecule has 0 aliphatic heterocycles. The number of nitrogens with two attached hydrogens (primary N) is 1. The lowest BCUT2D eigenvalue weighted by atomic mass is 10.2. The molecule has 1 heterocycles. The first kappa shape index (κ1) is 23.0. The van der Waals surface area contributed by atoms with Gasteiger partial charge < -0.3 is 11.2 Å². The highest BCUT2D eigenvalue weighted by atomic mass is 35.5. The monoisotopic (exact) mass is 370 g/mol. The van der Waals surface area contributed by atoms with Gasteiger partial charge in [0, 0.05) is 24.3 Å². The van der Waals surface area contributed by atoms with E-state index in [0.717, 1.165) is 11.5 Å². The van der Waals surface area contributed by atoms with E-state index in [2.05, 4.69) is 4.98 Å². The SMILES string of the molecule is Cl.Cl.NC/C=C(\F)CS(=O)(=O)c1cccc2ccncc12.O. The molecule has 0 bridgehead atoms. The van der Waals surface area contributed by atoms with E-state index >= 15 is 0 Å². The Labute approximate surface area is 140 Å². The van der Waals surface area contributed by atoms with Gasteiger partial charge in [-0.05, 0) is 23.6 Å². The second kappa shape index (κ2) is 9.70. The summed E-state index contributed by atoms with van der Waals surface area (Å²) in [5.74, 6) is -1.43. The van der Waals surface area contributed by atoms with E-state index in [1.807, 2.05) is 0 Å². The first-order chi connectivity index (χ1) is 9.04. The highest BCUT2D eigenvalue weighted by molar-refractivity contribution is 7.91. The van der Waals surface area contributed by atoms with E-state index in [1.54, 1.807) is 24.4 Å². The molecule has 4 N–H and O–H groups in total. The molecule has 2 rings (SSSR count). The van der Waals surface area contributed by atoms with Gasteiger partial charge in [-0.3, -0.25) is 4.98 Å². The maximum atomic E-state index is 13.4. The second-order valence-corrected chi connectivity index (χ2v) is 5.96. The van der Waals surface area contributed by atoms with Gasteiger partial charge >= 0.3 is 0 Å². The summed E-state index contributed by atoms with van der Waals surface area (Å²) in [4.78, 5) is 3.99. The first-order valence-corrected chi connectivity index (χ1v) is 7.30. The van der Waals surface area contributed by atoms with Crippen LogP contribution in [0.25, 0.3) is 10.8 Å². The van der Waals surface area contributed by atoms with Gasteiger partial charge in [0.05, 0.1) is 4.90 Å². The zero-order valence-electron chi connectivity index (χ0n) is 11.4. The van der Waals surface area contributed by atoms with Crippen molar-refractivity contribution in [2.75, 3.05) is 12.3 Å². The zero-order valence-corrected chi connectivity index (χ0v) is 13.8. The van der Waals surface area contributed by atoms with Gasteiger partial charge in [-0.25, -0.2) is 12.8 Å². The van der Waals surface area contributed by atoms with Crippen LogP contribution in [0.5, 0.6) is 0 Å². The number of aromatic nitrogens is 1. The summed E-state index contributed by atoms with van der Waals surface area (Å²) in [7, 11) is -3.75. The standard InChI is InChI=1S/C13H13FN2O2S.2ClH.H2O/c14-11(4-6-15)9-19(17,18)13-3-1-2-10-5-7-16-8-12(10)13;;;/h1-5,7-8H,6,9,15H2;2*1H;1H2/b11-4-;;;. The molecule has 0 unspecified atom stereocenters. The van der Waals surface area contributed by atoms with Crippen molar-refractivity contribution in [2.24, 2.45) is 5.73 Å². The summed E-state index contributed by atoms with van der Waals surface area (Å²) in [6.07, 6.45) is 4.10. The highest BCUT2D eigenvalue weighted by Gasteiger charge is 2.19. The molecular formula is C13H17Cl2FN2O3S. The van der Waals surface area contributed by atoms with E-state index in [9.17, 15) is 12.8 Å². The van der Waals surface area contributed by atoms with Crippen molar-refractivity contribution in [1.82, 2.24) is 4.98 Å². The molecule has 0 amide bonds. The van der Waals surface area contributed by atoms with Gasteiger partial charge in [0.1, 0.15) is 11.6 Å². The second-order valence-electron chi connectivity index (χ2n) is 4.00. The van der Waals surface area contributed by atoms with Crippen molar-refractivity contribution >= 4 is 45.4 Å². The van der Waals surface area contributed by atoms with E-state index in [4.69, 9.17) is 5.73 Å². The normalized spacial score (nSPS) is 11.1. The fourth-order valence-corrected chi connectivity index (χ4v) is 3.23. The Morgan fingerprint density at radius 3 is 2.59 bits per heavy atom. The number of hydrogen-bond donors (Lipinski definition) is 1. The first-order valence-electron chi connectivity index (χ1n) is 5.64. The van der Waals surface area contributed by atoms with Crippen LogP contribution in [0.1, 0.15) is 0 Å². The number of rotatable bonds is 4. The van der Waals surface area contributed by atoms with Crippen LogP contribution in [0, 0.1) is 0 Å². The van der Waals surface area contributed by atoms with Crippen molar-refractivity contribution in [3.8, 4) is 0 Å². The molecule has 2 aromatic rings. The molecule has 0 radical (unpaired) electrons. The number of sulfone groups is 1. The Bertz CT molecular complexity index is 734. The molecule has 0 saturated carbocycles. The fourth-order valence-electron chi connectivity index (χ4n) is 1.80. The Morgan fingerprint density at radius 1 is 1.27 bits per heavy atom. The van der Waals surface area contributed by atoms with Crippen LogP contribution >= 0.6 is 24.8 Å². The molecule has 5 nitrogen and oxygen atoms in total. The molecule has 9 heteroatoms. The number of pyridine rings is 1. The van der Waals surface area contributed by atoms with Gasteiger partial charge in [-0.2, -0.15) is 0 Å². The summed E-state index contributed by atoms with van der Waals surface area (Å²) >= 11 is 0. The Hall–Kier alpha value is -1.25. The summed E-state index contributed by atoms with van der Waals surface area (Å²) in [6.45, 7) is -0.0293. The minimum absolute atomic E-state index is 0. The number of benzene rings is 1. The molecule has 0 saturated heterocycles. The fraction of sp³-hybridized carbons (Fsp3) is 0.154. The predicted molar refractivity (Wildman–Crippen MR) is 90.2 cm³/mol. The summed E-state index contributed by atoms with van der Waals surface area (Å²) in [5, 5.41) is 1.24. The van der Waals surface area contributed by atoms with Crippen molar-refractivity contribution in [3.05, 3.63) is 48.6 Å². The van der Waals surface area contributed by atoms with Crippen LogP contribution in [-0.2, 0) is 9.84 Å². The third-order valence-electron chi connectivity index (χ3n) is 2.65. The molecule has 0 fully saturated rings. The van der Waals surface area contributed by atoms with Crippen LogP contribution in [0.3, 0.4) is 0 Å². The quantitative estimate of drug-likeness (QED) is 0.885. The molecular weight excluding hydrogens is 354 g/mol. The number of fused-ring (bicyclic) bond motifs is 1. The van der Waals surface area contributed by atoms with Gasteiger partial charge in [0.25, 0.3) is 0 Å². The average molecular weight is 371 g/mol. The van der Waals surface area contributed by atoms with Crippen LogP contribution < -0.4 is 5.73 Å². The average Bonchev–Trinajstić information content (AvgIpc) is 2.37. The lowest BCUT2D eigenvalue weighted by Crippen LogP contribution is -2.09. The minimum atomic E-state index is -3.75. The molecule has 22 heavy (non-hydrogen) atoms. The van der Waals surface area contributed by atoms with Crippen LogP contribution in [0.2, 0.25) is 0 Å². The van der Waals surface area contributed by atoms with E-state index in [-0.39, 0.29) is 41.7 Å². The molecule has 0 aliphatic rings. The van der Waals surface area contributed by atoms with Crippen molar-refractivity contribution < 1.29 is 18.3 Å². The predicted octanol–water partition coefficient (Wildman–Crippen LogP) is 1.84. The lowest BCUT2D eigenvalue weighted by molar-refractivity contribution is 0.584. The molecule has 0 aliphatic carbocycles. The van der Waals surface area contributed by atoms with E-state index in [0.29, 0.717) is 5.39 Å². The number of halogens is 3. The van der Waals surface area contributed by atoms with Crippen molar-refractivity contribution in [1.29, 1.82) is 0 Å². The van der Waals surface area contributed by atoms with Crippen LogP contribution in [0.4, 0.5) is 4.39 Å².